The topological polar surface area (TPSA) is 109 Å². The molecule has 3 aromatic rings. The summed E-state index contributed by atoms with van der Waals surface area (Å²) in [5, 5.41) is 4.39. The van der Waals surface area contributed by atoms with Crippen LogP contribution in [0.2, 0.25) is 0 Å². The standard InChI is InChI=1S/C12H11N7/c13-11-15-10(16-12(14)17-11)9-6-7-19(18-9)8-4-2-1-3-5-8/h1-7H,(H4,13,14,15,16,17). The number of para-hydroxylation sites is 1. The van der Waals surface area contributed by atoms with Crippen LogP contribution in [0.3, 0.4) is 0 Å². The van der Waals surface area contributed by atoms with Crippen molar-refractivity contribution >= 4 is 11.9 Å². The molecular weight excluding hydrogens is 242 g/mol. The van der Waals surface area contributed by atoms with Gasteiger partial charge in [-0.15, -0.1) is 0 Å². The first-order valence-electron chi connectivity index (χ1n) is 5.61. The third kappa shape index (κ3) is 2.21. The fraction of sp³-hybridized carbons (Fsp3) is 0. The fourth-order valence-electron chi connectivity index (χ4n) is 1.69. The summed E-state index contributed by atoms with van der Waals surface area (Å²) in [6, 6.07) is 11.5. The minimum atomic E-state index is 0.0803. The highest BCUT2D eigenvalue weighted by atomic mass is 15.3. The van der Waals surface area contributed by atoms with E-state index in [2.05, 4.69) is 20.1 Å². The molecule has 0 aliphatic carbocycles. The number of aromatic nitrogens is 5. The van der Waals surface area contributed by atoms with Crippen LogP contribution in [0.25, 0.3) is 17.2 Å². The van der Waals surface area contributed by atoms with Crippen molar-refractivity contribution in [1.82, 2.24) is 24.7 Å². The molecule has 0 saturated carbocycles. The molecule has 2 heterocycles. The Hall–Kier alpha value is -2.96. The van der Waals surface area contributed by atoms with Crippen molar-refractivity contribution in [3.8, 4) is 17.2 Å². The summed E-state index contributed by atoms with van der Waals surface area (Å²) in [4.78, 5) is 11.7. The third-order valence-electron chi connectivity index (χ3n) is 2.51. The van der Waals surface area contributed by atoms with Crippen molar-refractivity contribution in [2.45, 2.75) is 0 Å². The second-order valence-electron chi connectivity index (χ2n) is 3.86. The number of anilines is 2. The van der Waals surface area contributed by atoms with E-state index in [0.717, 1.165) is 5.69 Å². The zero-order chi connectivity index (χ0) is 13.2. The molecule has 0 aliphatic heterocycles. The van der Waals surface area contributed by atoms with Crippen molar-refractivity contribution < 1.29 is 0 Å². The second kappa shape index (κ2) is 4.37. The highest BCUT2D eigenvalue weighted by molar-refractivity contribution is 5.52. The first kappa shape index (κ1) is 11.1. The van der Waals surface area contributed by atoms with Crippen molar-refractivity contribution in [3.05, 3.63) is 42.6 Å². The SMILES string of the molecule is Nc1nc(N)nc(-c2ccn(-c3ccccc3)n2)n1. The van der Waals surface area contributed by atoms with E-state index in [1.807, 2.05) is 36.5 Å². The molecule has 0 aliphatic rings. The maximum Gasteiger partial charge on any atom is 0.225 e. The zero-order valence-corrected chi connectivity index (χ0v) is 9.93. The molecule has 0 fully saturated rings. The quantitative estimate of drug-likeness (QED) is 0.702. The van der Waals surface area contributed by atoms with Crippen LogP contribution in [0.1, 0.15) is 0 Å². The molecule has 0 unspecified atom stereocenters. The molecule has 3 rings (SSSR count). The minimum Gasteiger partial charge on any atom is -0.368 e. The van der Waals surface area contributed by atoms with E-state index in [1.165, 1.54) is 0 Å². The van der Waals surface area contributed by atoms with Crippen LogP contribution in [-0.4, -0.2) is 24.7 Å². The van der Waals surface area contributed by atoms with E-state index < -0.39 is 0 Å². The Morgan fingerprint density at radius 2 is 1.53 bits per heavy atom. The molecule has 0 spiro atoms. The Kier molecular flexibility index (Phi) is 2.57. The fourth-order valence-corrected chi connectivity index (χ4v) is 1.69. The van der Waals surface area contributed by atoms with Gasteiger partial charge in [0, 0.05) is 6.20 Å². The van der Waals surface area contributed by atoms with Crippen molar-refractivity contribution in [3.63, 3.8) is 0 Å². The summed E-state index contributed by atoms with van der Waals surface area (Å²) in [5.74, 6) is 0.521. The number of rotatable bonds is 2. The lowest BCUT2D eigenvalue weighted by Crippen LogP contribution is -2.04. The summed E-state index contributed by atoms with van der Waals surface area (Å²) < 4.78 is 1.73. The van der Waals surface area contributed by atoms with Gasteiger partial charge in [-0.05, 0) is 18.2 Å². The molecule has 1 aromatic carbocycles. The summed E-state index contributed by atoms with van der Waals surface area (Å²) >= 11 is 0. The number of nitrogens with two attached hydrogens (primary N) is 2. The molecule has 0 bridgehead atoms. The van der Waals surface area contributed by atoms with Gasteiger partial charge in [0.25, 0.3) is 0 Å². The van der Waals surface area contributed by atoms with Gasteiger partial charge in [0.1, 0.15) is 5.69 Å². The smallest absolute Gasteiger partial charge is 0.225 e. The second-order valence-corrected chi connectivity index (χ2v) is 3.86. The van der Waals surface area contributed by atoms with Gasteiger partial charge >= 0.3 is 0 Å². The molecule has 0 saturated heterocycles. The number of nitrogen functional groups attached to an aromatic ring is 2. The van der Waals surface area contributed by atoms with Gasteiger partial charge in [-0.2, -0.15) is 20.1 Å². The molecule has 7 nitrogen and oxygen atoms in total. The van der Waals surface area contributed by atoms with Crippen LogP contribution in [0, 0.1) is 0 Å². The molecular formula is C12H11N7. The van der Waals surface area contributed by atoms with E-state index in [4.69, 9.17) is 11.5 Å². The summed E-state index contributed by atoms with van der Waals surface area (Å²) in [6.07, 6.45) is 1.82. The summed E-state index contributed by atoms with van der Waals surface area (Å²) in [7, 11) is 0. The molecule has 0 atom stereocenters. The molecule has 4 N–H and O–H groups in total. The average molecular weight is 253 g/mol. The Morgan fingerprint density at radius 3 is 2.21 bits per heavy atom. The van der Waals surface area contributed by atoms with Crippen LogP contribution in [-0.2, 0) is 0 Å². The minimum absolute atomic E-state index is 0.0803. The van der Waals surface area contributed by atoms with Gasteiger partial charge in [-0.1, -0.05) is 18.2 Å². The van der Waals surface area contributed by atoms with Crippen molar-refractivity contribution in [1.29, 1.82) is 0 Å². The maximum atomic E-state index is 5.54. The molecule has 7 heteroatoms. The lowest BCUT2D eigenvalue weighted by Gasteiger charge is -2.00. The Labute approximate surface area is 108 Å². The number of hydrogen-bond acceptors (Lipinski definition) is 6. The molecule has 0 amide bonds. The van der Waals surface area contributed by atoms with E-state index in [9.17, 15) is 0 Å². The van der Waals surface area contributed by atoms with Crippen LogP contribution in [0.5, 0.6) is 0 Å². The lowest BCUT2D eigenvalue weighted by atomic mass is 10.3. The third-order valence-corrected chi connectivity index (χ3v) is 2.51. The van der Waals surface area contributed by atoms with Crippen LogP contribution in [0.15, 0.2) is 42.6 Å². The monoisotopic (exact) mass is 253 g/mol. The molecule has 2 aromatic heterocycles. The van der Waals surface area contributed by atoms with E-state index in [0.29, 0.717) is 11.5 Å². The first-order chi connectivity index (χ1) is 9.22. The highest BCUT2D eigenvalue weighted by Gasteiger charge is 2.08. The van der Waals surface area contributed by atoms with E-state index in [-0.39, 0.29) is 11.9 Å². The Bertz CT molecular complexity index is 685. The zero-order valence-electron chi connectivity index (χ0n) is 9.93. The average Bonchev–Trinajstić information content (AvgIpc) is 2.88. The van der Waals surface area contributed by atoms with Gasteiger partial charge in [0.15, 0.2) is 5.82 Å². The molecule has 94 valence electrons. The number of benzene rings is 1. The normalized spacial score (nSPS) is 10.5. The predicted molar refractivity (Wildman–Crippen MR) is 71.2 cm³/mol. The predicted octanol–water partition coefficient (Wildman–Crippen LogP) is 0.889. The van der Waals surface area contributed by atoms with E-state index >= 15 is 0 Å². The lowest BCUT2D eigenvalue weighted by molar-refractivity contribution is 0.878. The summed E-state index contributed by atoms with van der Waals surface area (Å²) in [6.45, 7) is 0. The Balaban J connectivity index is 2.02. The Morgan fingerprint density at radius 1 is 0.842 bits per heavy atom. The van der Waals surface area contributed by atoms with Gasteiger partial charge in [-0.25, -0.2) is 4.68 Å². The largest absolute Gasteiger partial charge is 0.368 e. The highest BCUT2D eigenvalue weighted by Crippen LogP contribution is 2.15. The van der Waals surface area contributed by atoms with Gasteiger partial charge < -0.3 is 11.5 Å². The summed E-state index contributed by atoms with van der Waals surface area (Å²) in [5.41, 5.74) is 12.6. The van der Waals surface area contributed by atoms with Gasteiger partial charge in [-0.3, -0.25) is 0 Å². The van der Waals surface area contributed by atoms with Crippen LogP contribution < -0.4 is 11.5 Å². The van der Waals surface area contributed by atoms with Crippen molar-refractivity contribution in [2.24, 2.45) is 0 Å². The number of hydrogen-bond donors (Lipinski definition) is 2. The number of nitrogens with zero attached hydrogens (tertiary/aromatic N) is 5. The molecule has 19 heavy (non-hydrogen) atoms. The van der Waals surface area contributed by atoms with Gasteiger partial charge in [0.05, 0.1) is 5.69 Å². The first-order valence-corrected chi connectivity index (χ1v) is 5.61. The van der Waals surface area contributed by atoms with E-state index in [1.54, 1.807) is 10.7 Å². The maximum absolute atomic E-state index is 5.54. The van der Waals surface area contributed by atoms with Gasteiger partial charge in [0.2, 0.25) is 11.9 Å². The van der Waals surface area contributed by atoms with Crippen LogP contribution in [0.4, 0.5) is 11.9 Å². The molecule has 0 radical (unpaired) electrons. The van der Waals surface area contributed by atoms with Crippen molar-refractivity contribution in [2.75, 3.05) is 11.5 Å². The van der Waals surface area contributed by atoms with Crippen LogP contribution >= 0.6 is 0 Å².